The monoisotopic (exact) mass is 297 g/mol. The van der Waals surface area contributed by atoms with E-state index in [0.29, 0.717) is 0 Å². The molecule has 1 nitrogen and oxygen atoms in total. The fourth-order valence-electron chi connectivity index (χ4n) is 4.35. The highest BCUT2D eigenvalue weighted by molar-refractivity contribution is 7.99. The molecule has 1 heterocycles. The van der Waals surface area contributed by atoms with Crippen LogP contribution < -0.4 is 5.32 Å². The molecule has 1 saturated heterocycles. The van der Waals surface area contributed by atoms with Gasteiger partial charge in [0.15, 0.2) is 0 Å². The number of hydrogen-bond acceptors (Lipinski definition) is 2. The van der Waals surface area contributed by atoms with Crippen LogP contribution in [0.25, 0.3) is 0 Å². The van der Waals surface area contributed by atoms with Gasteiger partial charge in [0, 0.05) is 6.04 Å². The predicted octanol–water partition coefficient (Wildman–Crippen LogP) is 5.10. The van der Waals surface area contributed by atoms with Gasteiger partial charge in [0.25, 0.3) is 0 Å². The number of rotatable bonds is 7. The Balaban J connectivity index is 1.93. The normalized spacial score (nSPS) is 30.3. The summed E-state index contributed by atoms with van der Waals surface area (Å²) in [5.74, 6) is 5.79. The van der Waals surface area contributed by atoms with Crippen LogP contribution >= 0.6 is 11.8 Å². The van der Waals surface area contributed by atoms with Crippen molar-refractivity contribution in [3.8, 4) is 0 Å². The van der Waals surface area contributed by atoms with Crippen molar-refractivity contribution >= 4 is 11.8 Å². The summed E-state index contributed by atoms with van der Waals surface area (Å²) >= 11 is 2.16. The summed E-state index contributed by atoms with van der Waals surface area (Å²) < 4.78 is 0. The average molecular weight is 298 g/mol. The molecule has 0 aromatic heterocycles. The minimum absolute atomic E-state index is 0.813. The lowest BCUT2D eigenvalue weighted by Gasteiger charge is -2.39. The van der Waals surface area contributed by atoms with Crippen LogP contribution in [0.5, 0.6) is 0 Å². The van der Waals surface area contributed by atoms with E-state index in [9.17, 15) is 0 Å². The summed E-state index contributed by atoms with van der Waals surface area (Å²) in [5.41, 5.74) is 0. The summed E-state index contributed by atoms with van der Waals surface area (Å²) in [6.07, 6.45) is 13.0. The zero-order valence-corrected chi connectivity index (χ0v) is 14.5. The number of thioether (sulfide) groups is 1. The molecule has 2 heteroatoms. The zero-order chi connectivity index (χ0) is 14.2. The maximum atomic E-state index is 3.94. The van der Waals surface area contributed by atoms with Gasteiger partial charge in [-0.1, -0.05) is 39.5 Å². The molecule has 0 aromatic carbocycles. The van der Waals surface area contributed by atoms with Gasteiger partial charge >= 0.3 is 0 Å². The van der Waals surface area contributed by atoms with E-state index in [1.807, 2.05) is 0 Å². The van der Waals surface area contributed by atoms with Crippen molar-refractivity contribution in [3.63, 3.8) is 0 Å². The molecule has 20 heavy (non-hydrogen) atoms. The summed E-state index contributed by atoms with van der Waals surface area (Å²) in [5, 5.41) is 3.94. The second kappa shape index (κ2) is 9.35. The van der Waals surface area contributed by atoms with Gasteiger partial charge in [0.05, 0.1) is 0 Å². The molecule has 0 radical (unpaired) electrons. The molecule has 0 spiro atoms. The van der Waals surface area contributed by atoms with Gasteiger partial charge in [-0.25, -0.2) is 0 Å². The van der Waals surface area contributed by atoms with Gasteiger partial charge in [-0.05, 0) is 67.9 Å². The molecule has 2 rings (SSSR count). The van der Waals surface area contributed by atoms with Crippen LogP contribution in [0.1, 0.15) is 71.6 Å². The van der Waals surface area contributed by atoms with Crippen LogP contribution in [0.4, 0.5) is 0 Å². The molecule has 0 amide bonds. The Morgan fingerprint density at radius 2 is 1.80 bits per heavy atom. The molecular formula is C18H35NS. The first kappa shape index (κ1) is 16.7. The third-order valence-corrected chi connectivity index (χ3v) is 6.64. The maximum absolute atomic E-state index is 3.94. The Morgan fingerprint density at radius 1 is 1.05 bits per heavy atom. The van der Waals surface area contributed by atoms with Crippen molar-refractivity contribution in [1.82, 2.24) is 5.32 Å². The lowest BCUT2D eigenvalue weighted by Crippen LogP contribution is -2.43. The lowest BCUT2D eigenvalue weighted by atomic mass is 9.71. The van der Waals surface area contributed by atoms with E-state index in [1.165, 1.54) is 75.8 Å². The Morgan fingerprint density at radius 3 is 2.50 bits per heavy atom. The molecule has 3 unspecified atom stereocenters. The molecule has 0 aromatic rings. The third-order valence-electron chi connectivity index (χ3n) is 5.59. The SMILES string of the molecule is CCCNC(CC1CCSCC1)C1CCCCC1CC. The van der Waals surface area contributed by atoms with Crippen molar-refractivity contribution in [2.75, 3.05) is 18.1 Å². The van der Waals surface area contributed by atoms with Gasteiger partial charge in [0.1, 0.15) is 0 Å². The Kier molecular flexibility index (Phi) is 7.80. The van der Waals surface area contributed by atoms with Crippen molar-refractivity contribution in [1.29, 1.82) is 0 Å². The maximum Gasteiger partial charge on any atom is 0.0101 e. The van der Waals surface area contributed by atoms with E-state index < -0.39 is 0 Å². The van der Waals surface area contributed by atoms with E-state index in [1.54, 1.807) is 0 Å². The lowest BCUT2D eigenvalue weighted by molar-refractivity contribution is 0.154. The molecule has 2 aliphatic rings. The number of nitrogens with one attached hydrogen (secondary N) is 1. The standard InChI is InChI=1S/C18H35NS/c1-3-11-19-18(14-15-9-12-20-13-10-15)17-8-6-5-7-16(17)4-2/h15-19H,3-14H2,1-2H3. The first-order valence-electron chi connectivity index (χ1n) is 9.16. The van der Waals surface area contributed by atoms with Crippen molar-refractivity contribution in [2.24, 2.45) is 17.8 Å². The second-order valence-electron chi connectivity index (χ2n) is 6.97. The van der Waals surface area contributed by atoms with Gasteiger partial charge in [-0.2, -0.15) is 11.8 Å². The molecule has 0 bridgehead atoms. The molecule has 3 atom stereocenters. The largest absolute Gasteiger partial charge is 0.314 e. The highest BCUT2D eigenvalue weighted by atomic mass is 32.2. The smallest absolute Gasteiger partial charge is 0.0101 e. The van der Waals surface area contributed by atoms with E-state index in [2.05, 4.69) is 30.9 Å². The first-order chi connectivity index (χ1) is 9.85. The summed E-state index contributed by atoms with van der Waals surface area (Å²) in [7, 11) is 0. The van der Waals surface area contributed by atoms with Crippen LogP contribution in [0.3, 0.4) is 0 Å². The van der Waals surface area contributed by atoms with Crippen LogP contribution in [0.2, 0.25) is 0 Å². The van der Waals surface area contributed by atoms with Crippen molar-refractivity contribution < 1.29 is 0 Å². The van der Waals surface area contributed by atoms with E-state index >= 15 is 0 Å². The topological polar surface area (TPSA) is 12.0 Å². The van der Waals surface area contributed by atoms with Crippen LogP contribution in [0.15, 0.2) is 0 Å². The predicted molar refractivity (Wildman–Crippen MR) is 92.5 cm³/mol. The molecule has 1 aliphatic heterocycles. The van der Waals surface area contributed by atoms with Gasteiger partial charge in [0.2, 0.25) is 0 Å². The van der Waals surface area contributed by atoms with Gasteiger partial charge in [-0.3, -0.25) is 0 Å². The Labute approximate surface area is 131 Å². The summed E-state index contributed by atoms with van der Waals surface area (Å²) in [4.78, 5) is 0. The fraction of sp³-hybridized carbons (Fsp3) is 1.00. The van der Waals surface area contributed by atoms with Crippen LogP contribution in [-0.2, 0) is 0 Å². The fourth-order valence-corrected chi connectivity index (χ4v) is 5.56. The van der Waals surface area contributed by atoms with E-state index in [0.717, 1.165) is 23.8 Å². The highest BCUT2D eigenvalue weighted by Gasteiger charge is 2.32. The minimum atomic E-state index is 0.813. The average Bonchev–Trinajstić information content (AvgIpc) is 2.52. The van der Waals surface area contributed by atoms with Crippen molar-refractivity contribution in [3.05, 3.63) is 0 Å². The third kappa shape index (κ3) is 4.94. The van der Waals surface area contributed by atoms with Crippen LogP contribution in [-0.4, -0.2) is 24.1 Å². The first-order valence-corrected chi connectivity index (χ1v) is 10.3. The Bertz CT molecular complexity index is 250. The van der Waals surface area contributed by atoms with E-state index in [4.69, 9.17) is 0 Å². The summed E-state index contributed by atoms with van der Waals surface area (Å²) in [6.45, 7) is 5.94. The molecular weight excluding hydrogens is 262 g/mol. The minimum Gasteiger partial charge on any atom is -0.314 e. The van der Waals surface area contributed by atoms with Crippen molar-refractivity contribution in [2.45, 2.75) is 77.7 Å². The highest BCUT2D eigenvalue weighted by Crippen LogP contribution is 2.37. The van der Waals surface area contributed by atoms with Crippen LogP contribution in [0, 0.1) is 17.8 Å². The quantitative estimate of drug-likeness (QED) is 0.701. The Hall–Kier alpha value is 0.310. The molecule has 2 fully saturated rings. The zero-order valence-electron chi connectivity index (χ0n) is 13.7. The van der Waals surface area contributed by atoms with Gasteiger partial charge < -0.3 is 5.32 Å². The van der Waals surface area contributed by atoms with Gasteiger partial charge in [-0.15, -0.1) is 0 Å². The second-order valence-corrected chi connectivity index (χ2v) is 8.19. The van der Waals surface area contributed by atoms with E-state index in [-0.39, 0.29) is 0 Å². The summed E-state index contributed by atoms with van der Waals surface area (Å²) in [6, 6.07) is 0.813. The molecule has 1 N–H and O–H groups in total. The molecule has 1 saturated carbocycles. The number of hydrogen-bond donors (Lipinski definition) is 1. The molecule has 118 valence electrons. The molecule has 1 aliphatic carbocycles.